The maximum absolute atomic E-state index is 12.4. The highest BCUT2D eigenvalue weighted by Gasteiger charge is 2.20. The first-order valence-corrected chi connectivity index (χ1v) is 7.44. The molecule has 2 aromatic rings. The predicted molar refractivity (Wildman–Crippen MR) is 81.4 cm³/mol. The summed E-state index contributed by atoms with van der Waals surface area (Å²) in [5, 5.41) is 11.4. The monoisotopic (exact) mass is 286 g/mol. The first-order chi connectivity index (χ1) is 10.2. The summed E-state index contributed by atoms with van der Waals surface area (Å²) in [4.78, 5) is 14.0. The Kier molecular flexibility index (Phi) is 5.49. The summed E-state index contributed by atoms with van der Waals surface area (Å²) in [6.45, 7) is 4.61. The van der Waals surface area contributed by atoms with Gasteiger partial charge in [0.1, 0.15) is 0 Å². The van der Waals surface area contributed by atoms with Crippen LogP contribution >= 0.6 is 0 Å². The molecule has 0 aliphatic carbocycles. The number of rotatable bonds is 7. The molecule has 0 aliphatic heterocycles. The Hall–Kier alpha value is -2.17. The number of hydrogen-bond acceptors (Lipinski definition) is 3. The second kappa shape index (κ2) is 7.57. The van der Waals surface area contributed by atoms with Gasteiger partial charge in [0.05, 0.1) is 25.0 Å². The van der Waals surface area contributed by atoms with Gasteiger partial charge < -0.3 is 5.32 Å². The van der Waals surface area contributed by atoms with E-state index in [0.29, 0.717) is 6.54 Å². The third kappa shape index (κ3) is 4.15. The van der Waals surface area contributed by atoms with E-state index in [0.717, 1.165) is 18.4 Å². The summed E-state index contributed by atoms with van der Waals surface area (Å²) >= 11 is 0. The quantitative estimate of drug-likeness (QED) is 0.851. The van der Waals surface area contributed by atoms with Crippen molar-refractivity contribution in [3.8, 4) is 0 Å². The molecule has 21 heavy (non-hydrogen) atoms. The van der Waals surface area contributed by atoms with E-state index in [1.165, 1.54) is 0 Å². The second-order valence-electron chi connectivity index (χ2n) is 5.07. The van der Waals surface area contributed by atoms with Gasteiger partial charge >= 0.3 is 0 Å². The number of carbonyl (C=O) groups excluding carboxylic acids is 1. The molecule has 5 heteroatoms. The van der Waals surface area contributed by atoms with Crippen molar-refractivity contribution in [3.05, 3.63) is 48.3 Å². The number of benzene rings is 1. The Morgan fingerprint density at radius 2 is 1.76 bits per heavy atom. The fourth-order valence-corrected chi connectivity index (χ4v) is 2.37. The minimum absolute atomic E-state index is 0.0572. The van der Waals surface area contributed by atoms with Crippen LogP contribution in [0.3, 0.4) is 0 Å². The molecule has 1 amide bonds. The number of hydrogen-bond donors (Lipinski definition) is 1. The molecule has 2 rings (SSSR count). The number of carbonyl (C=O) groups is 1. The van der Waals surface area contributed by atoms with Gasteiger partial charge in [-0.3, -0.25) is 4.79 Å². The van der Waals surface area contributed by atoms with Crippen LogP contribution in [0.2, 0.25) is 0 Å². The van der Waals surface area contributed by atoms with Crippen molar-refractivity contribution in [1.29, 1.82) is 0 Å². The Bertz CT molecular complexity index is 535. The van der Waals surface area contributed by atoms with E-state index in [1.54, 1.807) is 17.2 Å². The zero-order valence-corrected chi connectivity index (χ0v) is 12.6. The topological polar surface area (TPSA) is 59.8 Å². The Balaban J connectivity index is 2.14. The van der Waals surface area contributed by atoms with E-state index in [2.05, 4.69) is 15.5 Å². The van der Waals surface area contributed by atoms with Crippen LogP contribution < -0.4 is 5.32 Å². The molecule has 0 spiro atoms. The summed E-state index contributed by atoms with van der Waals surface area (Å²) in [7, 11) is 0. The summed E-state index contributed by atoms with van der Waals surface area (Å²) in [5.74, 6) is 0.155. The lowest BCUT2D eigenvalue weighted by molar-refractivity contribution is -0.126. The van der Waals surface area contributed by atoms with Crippen LogP contribution in [0.4, 0.5) is 0 Å². The highest BCUT2D eigenvalue weighted by molar-refractivity contribution is 5.79. The average Bonchev–Trinajstić information content (AvgIpc) is 3.02. The molecular weight excluding hydrogens is 264 g/mol. The molecular formula is C16H22N4O. The summed E-state index contributed by atoms with van der Waals surface area (Å²) < 4.78 is 0. The normalized spacial score (nSPS) is 12.3. The lowest BCUT2D eigenvalue weighted by atomic mass is 10.0. The molecule has 0 bridgehead atoms. The van der Waals surface area contributed by atoms with E-state index in [4.69, 9.17) is 0 Å². The third-order valence-corrected chi connectivity index (χ3v) is 3.69. The van der Waals surface area contributed by atoms with Crippen LogP contribution in [0.5, 0.6) is 0 Å². The molecule has 1 unspecified atom stereocenters. The summed E-state index contributed by atoms with van der Waals surface area (Å²) in [6, 6.07) is 9.83. The SMILES string of the molecule is CCC(CC)C(=O)NC(Cn1nccn1)c1ccccc1. The van der Waals surface area contributed by atoms with Gasteiger partial charge in [0.2, 0.25) is 5.91 Å². The number of nitrogens with zero attached hydrogens (tertiary/aromatic N) is 3. The molecule has 0 fully saturated rings. The molecule has 0 radical (unpaired) electrons. The number of nitrogens with one attached hydrogen (secondary N) is 1. The molecule has 5 nitrogen and oxygen atoms in total. The van der Waals surface area contributed by atoms with Crippen LogP contribution in [0.1, 0.15) is 38.3 Å². The molecule has 112 valence electrons. The molecule has 0 aliphatic rings. The van der Waals surface area contributed by atoms with Crippen molar-refractivity contribution in [3.63, 3.8) is 0 Å². The Morgan fingerprint density at radius 1 is 1.14 bits per heavy atom. The molecule has 1 N–H and O–H groups in total. The maximum atomic E-state index is 12.4. The van der Waals surface area contributed by atoms with Gasteiger partial charge in [0.25, 0.3) is 0 Å². The van der Waals surface area contributed by atoms with Gasteiger partial charge in [-0.2, -0.15) is 15.0 Å². The second-order valence-corrected chi connectivity index (χ2v) is 5.07. The van der Waals surface area contributed by atoms with Crippen LogP contribution in [-0.4, -0.2) is 20.9 Å². The van der Waals surface area contributed by atoms with Crippen molar-refractivity contribution in [2.45, 2.75) is 39.3 Å². The van der Waals surface area contributed by atoms with E-state index >= 15 is 0 Å². The fraction of sp³-hybridized carbons (Fsp3) is 0.438. The van der Waals surface area contributed by atoms with Crippen LogP contribution in [-0.2, 0) is 11.3 Å². The van der Waals surface area contributed by atoms with Crippen molar-refractivity contribution >= 4 is 5.91 Å². The third-order valence-electron chi connectivity index (χ3n) is 3.69. The summed E-state index contributed by atoms with van der Waals surface area (Å²) in [5.41, 5.74) is 1.06. The lowest BCUT2D eigenvalue weighted by Gasteiger charge is -2.21. The van der Waals surface area contributed by atoms with E-state index < -0.39 is 0 Å². The highest BCUT2D eigenvalue weighted by atomic mass is 16.1. The van der Waals surface area contributed by atoms with Crippen molar-refractivity contribution < 1.29 is 4.79 Å². The van der Waals surface area contributed by atoms with E-state index in [1.807, 2.05) is 44.2 Å². The highest BCUT2D eigenvalue weighted by Crippen LogP contribution is 2.16. The van der Waals surface area contributed by atoms with Crippen molar-refractivity contribution in [2.75, 3.05) is 0 Å². The summed E-state index contributed by atoms with van der Waals surface area (Å²) in [6.07, 6.45) is 4.99. The molecule has 0 saturated carbocycles. The van der Waals surface area contributed by atoms with Gasteiger partial charge in [-0.05, 0) is 18.4 Å². The van der Waals surface area contributed by atoms with Gasteiger partial charge in [-0.1, -0.05) is 44.2 Å². The zero-order chi connectivity index (χ0) is 15.1. The van der Waals surface area contributed by atoms with Crippen molar-refractivity contribution in [2.24, 2.45) is 5.92 Å². The Morgan fingerprint density at radius 3 is 2.33 bits per heavy atom. The zero-order valence-electron chi connectivity index (χ0n) is 12.6. The van der Waals surface area contributed by atoms with E-state index in [-0.39, 0.29) is 17.9 Å². The molecule has 1 aromatic heterocycles. The average molecular weight is 286 g/mol. The minimum atomic E-state index is -0.119. The number of amides is 1. The van der Waals surface area contributed by atoms with Gasteiger partial charge in [-0.15, -0.1) is 0 Å². The molecule has 0 saturated heterocycles. The molecule has 1 heterocycles. The standard InChI is InChI=1S/C16H22N4O/c1-3-13(4-2)16(21)19-15(12-20-17-10-11-18-20)14-8-6-5-7-9-14/h5-11,13,15H,3-4,12H2,1-2H3,(H,19,21). The van der Waals surface area contributed by atoms with Gasteiger partial charge in [-0.25, -0.2) is 0 Å². The van der Waals surface area contributed by atoms with Gasteiger partial charge in [0.15, 0.2) is 0 Å². The Labute approximate surface area is 125 Å². The van der Waals surface area contributed by atoms with Gasteiger partial charge in [0, 0.05) is 5.92 Å². The maximum Gasteiger partial charge on any atom is 0.223 e. The van der Waals surface area contributed by atoms with E-state index in [9.17, 15) is 4.79 Å². The molecule has 1 aromatic carbocycles. The first-order valence-electron chi connectivity index (χ1n) is 7.44. The largest absolute Gasteiger partial charge is 0.347 e. The lowest BCUT2D eigenvalue weighted by Crippen LogP contribution is -2.36. The minimum Gasteiger partial charge on any atom is -0.347 e. The first kappa shape index (κ1) is 15.2. The fourth-order valence-electron chi connectivity index (χ4n) is 2.37. The molecule has 1 atom stereocenters. The van der Waals surface area contributed by atoms with Crippen LogP contribution in [0, 0.1) is 5.92 Å². The number of aromatic nitrogens is 3. The predicted octanol–water partition coefficient (Wildman–Crippen LogP) is 2.57. The van der Waals surface area contributed by atoms with Crippen LogP contribution in [0.25, 0.3) is 0 Å². The smallest absolute Gasteiger partial charge is 0.223 e. The van der Waals surface area contributed by atoms with Crippen molar-refractivity contribution in [1.82, 2.24) is 20.3 Å². The van der Waals surface area contributed by atoms with Crippen LogP contribution in [0.15, 0.2) is 42.7 Å².